The van der Waals surface area contributed by atoms with Crippen LogP contribution in [0.25, 0.3) is 0 Å². The van der Waals surface area contributed by atoms with Gasteiger partial charge in [0.25, 0.3) is 0 Å². The van der Waals surface area contributed by atoms with Crippen molar-refractivity contribution >= 4 is 21.9 Å². The van der Waals surface area contributed by atoms with Crippen LogP contribution in [0.5, 0.6) is 0 Å². The lowest BCUT2D eigenvalue weighted by molar-refractivity contribution is -0.143. The highest BCUT2D eigenvalue weighted by atomic mass is 79.9. The Balaban J connectivity index is 1.96. The molecule has 0 radical (unpaired) electrons. The number of hydrogen-bond acceptors (Lipinski definition) is 2. The van der Waals surface area contributed by atoms with Crippen LogP contribution in [0.4, 0.5) is 8.78 Å². The Labute approximate surface area is 118 Å². The van der Waals surface area contributed by atoms with E-state index in [0.29, 0.717) is 0 Å². The molecule has 19 heavy (non-hydrogen) atoms. The van der Waals surface area contributed by atoms with E-state index in [1.54, 1.807) is 12.1 Å². The predicted octanol–water partition coefficient (Wildman–Crippen LogP) is 3.75. The van der Waals surface area contributed by atoms with E-state index in [-0.39, 0.29) is 31.3 Å². The van der Waals surface area contributed by atoms with Crippen molar-refractivity contribution in [3.8, 4) is 0 Å². The lowest BCUT2D eigenvalue weighted by Crippen LogP contribution is -2.38. The highest BCUT2D eigenvalue weighted by Crippen LogP contribution is 2.50. The molecule has 0 spiro atoms. The molecule has 3 rings (SSSR count). The molecule has 0 N–H and O–H groups in total. The third kappa shape index (κ3) is 2.40. The number of benzene rings is 1. The number of esters is 1. The van der Waals surface area contributed by atoms with Crippen molar-refractivity contribution in [2.75, 3.05) is 6.61 Å². The Morgan fingerprint density at radius 3 is 2.58 bits per heavy atom. The zero-order chi connectivity index (χ0) is 13.6. The van der Waals surface area contributed by atoms with Gasteiger partial charge in [-0.25, -0.2) is 8.78 Å². The highest BCUT2D eigenvalue weighted by Gasteiger charge is 2.53. The van der Waals surface area contributed by atoms with Gasteiger partial charge in [0.15, 0.2) is 0 Å². The molecule has 102 valence electrons. The lowest BCUT2D eigenvalue weighted by Gasteiger charge is -2.35. The maximum Gasteiger partial charge on any atom is 0.309 e. The number of hydrogen-bond donors (Lipinski definition) is 0. The number of ether oxygens (including phenoxy) is 1. The number of carbonyl (C=O) groups excluding carboxylic acids is 1. The molecule has 1 saturated carbocycles. The van der Waals surface area contributed by atoms with Crippen molar-refractivity contribution in [2.24, 2.45) is 11.8 Å². The number of carbonyl (C=O) groups is 1. The summed E-state index contributed by atoms with van der Waals surface area (Å²) in [6.45, 7) is 0.131. The van der Waals surface area contributed by atoms with Gasteiger partial charge < -0.3 is 4.74 Å². The zero-order valence-corrected chi connectivity index (χ0v) is 11.7. The summed E-state index contributed by atoms with van der Waals surface area (Å²) in [5.74, 6) is -4.26. The molecule has 1 aromatic rings. The largest absolute Gasteiger partial charge is 0.465 e. The van der Waals surface area contributed by atoms with Crippen molar-refractivity contribution < 1.29 is 18.3 Å². The van der Waals surface area contributed by atoms with Crippen LogP contribution in [0, 0.1) is 11.8 Å². The normalized spacial score (nSPS) is 32.8. The zero-order valence-electron chi connectivity index (χ0n) is 10.1. The fourth-order valence-electron chi connectivity index (χ4n) is 3.21. The summed E-state index contributed by atoms with van der Waals surface area (Å²) in [6.07, 6.45) is -0.513. The van der Waals surface area contributed by atoms with Crippen molar-refractivity contribution in [3.05, 3.63) is 34.3 Å². The number of rotatable bonds is 1. The lowest BCUT2D eigenvalue weighted by atomic mass is 9.69. The van der Waals surface area contributed by atoms with Gasteiger partial charge >= 0.3 is 5.97 Å². The van der Waals surface area contributed by atoms with Crippen molar-refractivity contribution in [2.45, 2.75) is 24.7 Å². The Morgan fingerprint density at radius 2 is 1.89 bits per heavy atom. The van der Waals surface area contributed by atoms with Gasteiger partial charge in [0.2, 0.25) is 5.92 Å². The van der Waals surface area contributed by atoms with E-state index in [1.807, 2.05) is 12.1 Å². The van der Waals surface area contributed by atoms with Gasteiger partial charge in [-0.1, -0.05) is 28.1 Å². The minimum atomic E-state index is -2.72. The summed E-state index contributed by atoms with van der Waals surface area (Å²) in [6, 6.07) is 7.24. The van der Waals surface area contributed by atoms with Crippen LogP contribution in [-0.2, 0) is 9.53 Å². The second kappa shape index (κ2) is 4.54. The molecule has 5 heteroatoms. The molecular weight excluding hydrogens is 318 g/mol. The van der Waals surface area contributed by atoms with E-state index in [9.17, 15) is 13.6 Å². The molecule has 1 aromatic carbocycles. The highest BCUT2D eigenvalue weighted by molar-refractivity contribution is 9.10. The summed E-state index contributed by atoms with van der Waals surface area (Å²) >= 11 is 3.32. The number of fused-ring (bicyclic) bond motifs is 1. The Kier molecular flexibility index (Phi) is 3.12. The van der Waals surface area contributed by atoms with Crippen LogP contribution in [0.15, 0.2) is 28.7 Å². The van der Waals surface area contributed by atoms with Crippen LogP contribution >= 0.6 is 15.9 Å². The fraction of sp³-hybridized carbons (Fsp3) is 0.500. The first-order chi connectivity index (χ1) is 8.96. The predicted molar refractivity (Wildman–Crippen MR) is 69.0 cm³/mol. The maximum atomic E-state index is 13.8. The average molecular weight is 331 g/mol. The Hall–Kier alpha value is -0.970. The summed E-state index contributed by atoms with van der Waals surface area (Å²) in [5, 5.41) is 0. The van der Waals surface area contributed by atoms with E-state index < -0.39 is 17.8 Å². The minimum absolute atomic E-state index is 0.131. The topological polar surface area (TPSA) is 26.3 Å². The second-order valence-electron chi connectivity index (χ2n) is 5.34. The first kappa shape index (κ1) is 13.0. The molecule has 1 aliphatic carbocycles. The van der Waals surface area contributed by atoms with E-state index in [2.05, 4.69) is 15.9 Å². The minimum Gasteiger partial charge on any atom is -0.465 e. The van der Waals surface area contributed by atoms with Crippen molar-refractivity contribution in [1.82, 2.24) is 0 Å². The molecule has 2 nitrogen and oxygen atoms in total. The first-order valence-electron chi connectivity index (χ1n) is 6.26. The fourth-order valence-corrected chi connectivity index (χ4v) is 3.48. The molecular formula is C14H13BrF2O2. The number of halogens is 3. The van der Waals surface area contributed by atoms with Crippen LogP contribution in [0.2, 0.25) is 0 Å². The first-order valence-corrected chi connectivity index (χ1v) is 7.05. The van der Waals surface area contributed by atoms with E-state index in [1.165, 1.54) is 0 Å². The molecule has 0 bridgehead atoms. The van der Waals surface area contributed by atoms with E-state index >= 15 is 0 Å². The Bertz CT molecular complexity index is 501. The third-order valence-corrected chi connectivity index (χ3v) is 4.56. The molecule has 0 aromatic heterocycles. The van der Waals surface area contributed by atoms with Gasteiger partial charge in [-0.05, 0) is 17.7 Å². The number of alkyl halides is 2. The third-order valence-electron chi connectivity index (χ3n) is 4.03. The summed E-state index contributed by atoms with van der Waals surface area (Å²) in [4.78, 5) is 11.8. The van der Waals surface area contributed by atoms with Crippen LogP contribution in [0.1, 0.15) is 24.3 Å². The average Bonchev–Trinajstić information content (AvgIpc) is 2.69. The summed E-state index contributed by atoms with van der Waals surface area (Å²) in [7, 11) is 0. The van der Waals surface area contributed by atoms with Crippen LogP contribution in [0.3, 0.4) is 0 Å². The van der Waals surface area contributed by atoms with Crippen molar-refractivity contribution in [3.63, 3.8) is 0 Å². The monoisotopic (exact) mass is 330 g/mol. The molecule has 2 aliphatic rings. The summed E-state index contributed by atoms with van der Waals surface area (Å²) in [5.41, 5.74) is 0.788. The van der Waals surface area contributed by atoms with Gasteiger partial charge in [-0.2, -0.15) is 0 Å². The standard InChI is InChI=1S/C14H13BrF2O2/c15-10-3-1-8(2-4-10)11-6-14(16,17)5-9-7-19-13(18)12(9)11/h1-4,9,11-12H,5-7H2/t9-,11+,12+/m0/s1. The molecule has 3 atom stereocenters. The van der Waals surface area contributed by atoms with Gasteiger partial charge in [-0.15, -0.1) is 0 Å². The molecule has 1 saturated heterocycles. The van der Waals surface area contributed by atoms with Gasteiger partial charge in [0.05, 0.1) is 12.5 Å². The van der Waals surface area contributed by atoms with Crippen LogP contribution < -0.4 is 0 Å². The molecule has 1 aliphatic heterocycles. The maximum absolute atomic E-state index is 13.8. The molecule has 1 heterocycles. The Morgan fingerprint density at radius 1 is 1.21 bits per heavy atom. The molecule has 0 unspecified atom stereocenters. The second-order valence-corrected chi connectivity index (χ2v) is 6.25. The smallest absolute Gasteiger partial charge is 0.309 e. The number of cyclic esters (lactones) is 1. The SMILES string of the molecule is O=C1OC[C@@H]2CC(F)(F)C[C@H](c3ccc(Br)cc3)[C@H]12. The van der Waals surface area contributed by atoms with Gasteiger partial charge in [0.1, 0.15) is 0 Å². The van der Waals surface area contributed by atoms with Gasteiger partial charge in [-0.3, -0.25) is 4.79 Å². The van der Waals surface area contributed by atoms with Crippen LogP contribution in [-0.4, -0.2) is 18.5 Å². The quantitative estimate of drug-likeness (QED) is 0.733. The van der Waals surface area contributed by atoms with E-state index in [4.69, 9.17) is 4.74 Å². The summed E-state index contributed by atoms with van der Waals surface area (Å²) < 4.78 is 33.5. The van der Waals surface area contributed by atoms with E-state index in [0.717, 1.165) is 10.0 Å². The van der Waals surface area contributed by atoms with Gasteiger partial charge in [0, 0.05) is 29.2 Å². The van der Waals surface area contributed by atoms with Crippen molar-refractivity contribution in [1.29, 1.82) is 0 Å². The molecule has 0 amide bonds. The molecule has 2 fully saturated rings.